The summed E-state index contributed by atoms with van der Waals surface area (Å²) < 4.78 is 15.3. The van der Waals surface area contributed by atoms with Gasteiger partial charge in [0.1, 0.15) is 0 Å². The van der Waals surface area contributed by atoms with Crippen molar-refractivity contribution in [3.8, 4) is 0 Å². The summed E-state index contributed by atoms with van der Waals surface area (Å²) in [5.41, 5.74) is 2.61. The van der Waals surface area contributed by atoms with E-state index in [1.54, 1.807) is 0 Å². The second-order valence-electron chi connectivity index (χ2n) is 18.2. The van der Waals surface area contributed by atoms with E-state index in [0.29, 0.717) is 0 Å². The summed E-state index contributed by atoms with van der Waals surface area (Å²) >= 11 is 0. The zero-order valence-electron chi connectivity index (χ0n) is 36.5. The maximum absolute atomic E-state index is 5.62. The molecule has 0 heterocycles. The van der Waals surface area contributed by atoms with Crippen molar-refractivity contribution in [1.29, 1.82) is 0 Å². The molecule has 4 aromatic carbocycles. The molecule has 0 saturated carbocycles. The maximum Gasteiger partial charge on any atom is 3.00 e. The molecule has 0 amide bonds. The van der Waals surface area contributed by atoms with Crippen molar-refractivity contribution in [2.45, 2.75) is 118 Å². The Kier molecular flexibility index (Phi) is 21.6. The van der Waals surface area contributed by atoms with Crippen LogP contribution in [0.3, 0.4) is 0 Å². The summed E-state index contributed by atoms with van der Waals surface area (Å²) in [7, 11) is -9.04. The van der Waals surface area contributed by atoms with Gasteiger partial charge < -0.3 is 14.4 Å². The van der Waals surface area contributed by atoms with Gasteiger partial charge in [-0.05, 0) is 40.6 Å². The van der Waals surface area contributed by atoms with Crippen molar-refractivity contribution < 1.29 is 40.8 Å². The van der Waals surface area contributed by atoms with E-state index < -0.39 is 47.0 Å². The minimum atomic E-state index is -2.31. The van der Waals surface area contributed by atoms with Crippen LogP contribution in [0.2, 0.25) is 78.6 Å². The van der Waals surface area contributed by atoms with E-state index in [-0.39, 0.29) is 52.9 Å². The molecule has 293 valence electrons. The summed E-state index contributed by atoms with van der Waals surface area (Å²) in [6.07, 6.45) is 0. The molecule has 0 aliphatic carbocycles. The molecule has 0 unspecified atom stereocenters. The van der Waals surface area contributed by atoms with Crippen LogP contribution in [0.1, 0.15) is 27.7 Å². The number of rotatable bonds is 12. The molecule has 0 aliphatic heterocycles. The molecular formula is C43H71N4NdP2Si4. The number of hydrogen-bond donors (Lipinski definition) is 0. The average Bonchev–Trinajstić information content (AvgIpc) is 3.02. The number of benzene rings is 4. The largest absolute Gasteiger partial charge is 3.00 e. The molecule has 0 saturated heterocycles. The van der Waals surface area contributed by atoms with Crippen LogP contribution in [0.15, 0.2) is 126 Å². The smallest absolute Gasteiger partial charge is 0.668 e. The predicted molar refractivity (Wildman–Crippen MR) is 260 cm³/mol. The van der Waals surface area contributed by atoms with Gasteiger partial charge in [0.25, 0.3) is 0 Å². The SMILES string of the molecule is CC(C)N=P(C=P([N-]C(C)C)(c1ccccc1)c1ccccc1)(c1ccccc1)c1ccccc1.C[Si](C)(C)[N-][Si](C)(C)C.C[Si](C)(C)[N-][Si](C)(C)C.[Nd+3]. The van der Waals surface area contributed by atoms with Crippen LogP contribution in [-0.4, -0.2) is 50.6 Å². The fourth-order valence-corrected chi connectivity index (χ4v) is 32.2. The van der Waals surface area contributed by atoms with Gasteiger partial charge in [-0.3, -0.25) is 4.74 Å². The van der Waals surface area contributed by atoms with Gasteiger partial charge in [-0.1, -0.05) is 247 Å². The molecule has 0 aliphatic rings. The Hall–Kier alpha value is -0.492. The Morgan fingerprint density at radius 2 is 0.704 bits per heavy atom. The molecule has 0 aromatic heterocycles. The van der Waals surface area contributed by atoms with Gasteiger partial charge in [0, 0.05) is 13.1 Å². The number of hydrogen-bond acceptors (Lipinski definition) is 1. The van der Waals surface area contributed by atoms with Crippen molar-refractivity contribution in [2.75, 3.05) is 0 Å². The first-order valence-electron chi connectivity index (χ1n) is 19.2. The van der Waals surface area contributed by atoms with Crippen LogP contribution in [0.5, 0.6) is 0 Å². The second kappa shape index (κ2) is 22.6. The van der Waals surface area contributed by atoms with Crippen molar-refractivity contribution >= 4 is 73.8 Å². The van der Waals surface area contributed by atoms with Gasteiger partial charge in [-0.2, -0.15) is 0 Å². The molecule has 54 heavy (non-hydrogen) atoms. The summed E-state index contributed by atoms with van der Waals surface area (Å²) in [5, 5.41) is 10.7. The Labute approximate surface area is 369 Å². The molecule has 11 heteroatoms. The Bertz CT molecular complexity index is 1610. The normalized spacial score (nSPS) is 12.5. The summed E-state index contributed by atoms with van der Waals surface area (Å²) in [5.74, 6) is 0. The van der Waals surface area contributed by atoms with Gasteiger partial charge in [0.15, 0.2) is 0 Å². The van der Waals surface area contributed by atoms with Crippen LogP contribution < -0.4 is 21.2 Å². The summed E-state index contributed by atoms with van der Waals surface area (Å²) in [4.78, 5) is 0. The summed E-state index contributed by atoms with van der Waals surface area (Å²) in [6.45, 7) is 36.3. The molecule has 1 radical (unpaired) electrons. The van der Waals surface area contributed by atoms with E-state index in [1.165, 1.54) is 21.2 Å². The van der Waals surface area contributed by atoms with Crippen LogP contribution in [0, 0.1) is 40.8 Å². The Morgan fingerprint density at radius 1 is 0.444 bits per heavy atom. The van der Waals surface area contributed by atoms with Crippen LogP contribution in [0.4, 0.5) is 0 Å². The molecule has 0 fully saturated rings. The Morgan fingerprint density at radius 3 is 0.907 bits per heavy atom. The van der Waals surface area contributed by atoms with Gasteiger partial charge in [-0.25, -0.2) is 0 Å². The second-order valence-corrected chi connectivity index (χ2v) is 43.5. The fourth-order valence-electron chi connectivity index (χ4n) is 6.50. The van der Waals surface area contributed by atoms with Crippen molar-refractivity contribution in [1.82, 2.24) is 0 Å². The van der Waals surface area contributed by atoms with E-state index in [9.17, 15) is 0 Å². The van der Waals surface area contributed by atoms with E-state index >= 15 is 0 Å². The van der Waals surface area contributed by atoms with Gasteiger partial charge in [0.05, 0.1) is 0 Å². The molecule has 0 atom stereocenters. The third-order valence-corrected chi connectivity index (χ3v) is 26.5. The van der Waals surface area contributed by atoms with E-state index in [2.05, 4.69) is 233 Å². The standard InChI is InChI=1S/C31H35N2P2.2C6H18NSi2.Nd/c1-26(2)32-34(28-17-9-5-10-18-28,29-19-11-6-12-20-29)25-35(33-27(3)4,30-21-13-7-14-22-30)31-23-15-8-16-24-31;2*1-8(2,3)7-9(4,5)6;/h5-27H,1-4H3;2*1-6H3;/q3*-1;+3. The zero-order chi connectivity index (χ0) is 40.1. The monoisotopic (exact) mass is 959 g/mol. The third-order valence-electron chi connectivity index (χ3n) is 7.10. The molecule has 4 nitrogen and oxygen atoms in total. The first-order chi connectivity index (χ1) is 24.4. The first-order valence-corrected chi connectivity index (χ1v) is 36.6. The number of nitrogens with zero attached hydrogens (tertiary/aromatic N) is 4. The van der Waals surface area contributed by atoms with E-state index in [1.807, 2.05) is 0 Å². The fraction of sp³-hybridized carbons (Fsp3) is 0.419. The van der Waals surface area contributed by atoms with Crippen LogP contribution in [-0.2, 0) is 0 Å². The summed E-state index contributed by atoms with van der Waals surface area (Å²) in [6, 6.07) is 43.9. The molecule has 4 rings (SSSR count). The molecule has 0 spiro atoms. The molecule has 0 bridgehead atoms. The minimum absolute atomic E-state index is 0. The van der Waals surface area contributed by atoms with Crippen LogP contribution >= 0.6 is 14.1 Å². The maximum atomic E-state index is 5.62. The average molecular weight is 963 g/mol. The Balaban J connectivity index is 0.000000636. The minimum Gasteiger partial charge on any atom is -0.668 e. The van der Waals surface area contributed by atoms with Crippen molar-refractivity contribution in [3.63, 3.8) is 0 Å². The van der Waals surface area contributed by atoms with Gasteiger partial charge >= 0.3 is 40.8 Å². The van der Waals surface area contributed by atoms with Crippen molar-refractivity contribution in [2.24, 2.45) is 4.74 Å². The molecule has 0 N–H and O–H groups in total. The third kappa shape index (κ3) is 18.8. The quantitative estimate of drug-likeness (QED) is 0.100. The van der Waals surface area contributed by atoms with E-state index in [0.717, 1.165) is 0 Å². The molecule has 4 aromatic rings. The zero-order valence-corrected chi connectivity index (χ0v) is 45.5. The topological polar surface area (TPSA) is 54.7 Å². The van der Waals surface area contributed by atoms with E-state index in [4.69, 9.17) is 19.1 Å². The first kappa shape index (κ1) is 51.5. The molecular weight excluding hydrogens is 891 g/mol. The predicted octanol–water partition coefficient (Wildman–Crippen LogP) is 13.4. The van der Waals surface area contributed by atoms with Crippen molar-refractivity contribution in [3.05, 3.63) is 136 Å². The van der Waals surface area contributed by atoms with Crippen LogP contribution in [0.25, 0.3) is 14.4 Å². The van der Waals surface area contributed by atoms with Gasteiger partial charge in [-0.15, -0.1) is 13.1 Å². The van der Waals surface area contributed by atoms with Gasteiger partial charge in [0.2, 0.25) is 0 Å².